The lowest BCUT2D eigenvalue weighted by molar-refractivity contribution is 0.0954. The molecule has 0 atom stereocenters. The summed E-state index contributed by atoms with van der Waals surface area (Å²) in [5.74, 6) is -0.109. The van der Waals surface area contributed by atoms with Crippen LogP contribution in [-0.4, -0.2) is 31.7 Å². The molecular weight excluding hydrogens is 344 g/mol. The van der Waals surface area contributed by atoms with Crippen LogP contribution in [0.5, 0.6) is 0 Å². The molecule has 0 spiro atoms. The van der Waals surface area contributed by atoms with Crippen LogP contribution in [0.2, 0.25) is 0 Å². The van der Waals surface area contributed by atoms with Crippen molar-refractivity contribution in [2.24, 2.45) is 0 Å². The molecule has 0 unspecified atom stereocenters. The van der Waals surface area contributed by atoms with Crippen molar-refractivity contribution >= 4 is 27.3 Å². The van der Waals surface area contributed by atoms with Gasteiger partial charge in [0.05, 0.1) is 9.77 Å². The summed E-state index contributed by atoms with van der Waals surface area (Å²) in [4.78, 5) is 13.1. The van der Waals surface area contributed by atoms with Gasteiger partial charge in [-0.1, -0.05) is 26.0 Å². The molecule has 1 amide bonds. The van der Waals surface area contributed by atoms with Gasteiger partial charge in [-0.3, -0.25) is 4.79 Å². The van der Waals surface area contributed by atoms with Crippen molar-refractivity contribution in [2.45, 2.75) is 32.2 Å². The Kier molecular flexibility index (Phi) is 6.15. The quantitative estimate of drug-likeness (QED) is 0.819. The zero-order chi connectivity index (χ0) is 17.7. The monoisotopic (exact) mass is 366 g/mol. The lowest BCUT2D eigenvalue weighted by Crippen LogP contribution is -2.30. The molecule has 0 aliphatic heterocycles. The lowest BCUT2D eigenvalue weighted by Gasteiger charge is -2.18. The summed E-state index contributed by atoms with van der Waals surface area (Å²) in [7, 11) is -3.44. The molecule has 24 heavy (non-hydrogen) atoms. The molecule has 0 aliphatic rings. The average Bonchev–Trinajstić information content (AvgIpc) is 3.00. The number of carbonyl (C=O) groups excluding carboxylic acids is 1. The van der Waals surface area contributed by atoms with Crippen LogP contribution in [-0.2, 0) is 16.6 Å². The molecule has 7 heteroatoms. The Hall–Kier alpha value is -1.70. The predicted molar refractivity (Wildman–Crippen MR) is 96.8 cm³/mol. The number of sulfonamides is 1. The molecule has 0 fully saturated rings. The van der Waals surface area contributed by atoms with E-state index in [1.807, 2.05) is 32.2 Å². The molecule has 1 heterocycles. The summed E-state index contributed by atoms with van der Waals surface area (Å²) in [6.07, 6.45) is 0. The van der Waals surface area contributed by atoms with Crippen LogP contribution in [0, 0.1) is 6.92 Å². The van der Waals surface area contributed by atoms with Gasteiger partial charge in [0.2, 0.25) is 10.0 Å². The number of thiophene rings is 1. The molecule has 0 radical (unpaired) electrons. The first kappa shape index (κ1) is 18.6. The molecule has 2 rings (SSSR count). The van der Waals surface area contributed by atoms with E-state index in [0.29, 0.717) is 24.5 Å². The van der Waals surface area contributed by atoms with Gasteiger partial charge in [0.15, 0.2) is 0 Å². The highest BCUT2D eigenvalue weighted by Crippen LogP contribution is 2.17. The zero-order valence-corrected chi connectivity index (χ0v) is 15.7. The first-order valence-corrected chi connectivity index (χ1v) is 10.1. The van der Waals surface area contributed by atoms with Gasteiger partial charge >= 0.3 is 0 Å². The Morgan fingerprint density at radius 3 is 2.25 bits per heavy atom. The van der Waals surface area contributed by atoms with E-state index in [-0.39, 0.29) is 10.8 Å². The van der Waals surface area contributed by atoms with E-state index in [2.05, 4.69) is 5.32 Å². The van der Waals surface area contributed by atoms with Gasteiger partial charge in [0, 0.05) is 19.6 Å². The van der Waals surface area contributed by atoms with Gasteiger partial charge in [0.1, 0.15) is 0 Å². The van der Waals surface area contributed by atoms with Crippen molar-refractivity contribution in [3.05, 3.63) is 51.7 Å². The van der Waals surface area contributed by atoms with E-state index in [0.717, 1.165) is 11.1 Å². The minimum atomic E-state index is -3.44. The highest BCUT2D eigenvalue weighted by atomic mass is 32.2. The van der Waals surface area contributed by atoms with Crippen molar-refractivity contribution in [2.75, 3.05) is 13.1 Å². The molecule has 130 valence electrons. The molecule has 5 nitrogen and oxygen atoms in total. The molecule has 0 saturated carbocycles. The fourth-order valence-electron chi connectivity index (χ4n) is 2.36. The van der Waals surface area contributed by atoms with Crippen LogP contribution < -0.4 is 5.32 Å². The third-order valence-electron chi connectivity index (χ3n) is 3.79. The number of rotatable bonds is 7. The Labute approximate surface area is 147 Å². The number of amides is 1. The van der Waals surface area contributed by atoms with Crippen molar-refractivity contribution in [1.82, 2.24) is 9.62 Å². The number of hydrogen-bond acceptors (Lipinski definition) is 4. The summed E-state index contributed by atoms with van der Waals surface area (Å²) in [6, 6.07) is 8.55. The maximum absolute atomic E-state index is 12.4. The molecular formula is C17H22N2O3S2. The van der Waals surface area contributed by atoms with Gasteiger partial charge in [-0.2, -0.15) is 4.31 Å². The summed E-state index contributed by atoms with van der Waals surface area (Å²) < 4.78 is 26.3. The SMILES string of the molecule is CCN(CC)S(=O)(=O)c1ccc(CNC(=O)c2sccc2C)cc1. The lowest BCUT2D eigenvalue weighted by atomic mass is 10.2. The molecule has 1 aromatic heterocycles. The van der Waals surface area contributed by atoms with Gasteiger partial charge < -0.3 is 5.32 Å². The van der Waals surface area contributed by atoms with Crippen LogP contribution in [0.15, 0.2) is 40.6 Å². The third kappa shape index (κ3) is 4.03. The summed E-state index contributed by atoms with van der Waals surface area (Å²) in [5.41, 5.74) is 1.81. The van der Waals surface area contributed by atoms with E-state index in [1.165, 1.54) is 15.6 Å². The Bertz CT molecular complexity index is 791. The second kappa shape index (κ2) is 7.92. The fourth-order valence-corrected chi connectivity index (χ4v) is 4.66. The van der Waals surface area contributed by atoms with Crippen LogP contribution in [0.1, 0.15) is 34.6 Å². The topological polar surface area (TPSA) is 66.5 Å². The smallest absolute Gasteiger partial charge is 0.261 e. The van der Waals surface area contributed by atoms with Crippen LogP contribution in [0.4, 0.5) is 0 Å². The molecule has 2 aromatic rings. The van der Waals surface area contributed by atoms with Crippen LogP contribution >= 0.6 is 11.3 Å². The molecule has 0 bridgehead atoms. The van der Waals surface area contributed by atoms with E-state index < -0.39 is 10.0 Å². The third-order valence-corrected chi connectivity index (χ3v) is 6.87. The maximum Gasteiger partial charge on any atom is 0.261 e. The number of hydrogen-bond donors (Lipinski definition) is 1. The highest BCUT2D eigenvalue weighted by molar-refractivity contribution is 7.89. The Morgan fingerprint density at radius 2 is 1.75 bits per heavy atom. The molecule has 0 saturated heterocycles. The van der Waals surface area contributed by atoms with Crippen LogP contribution in [0.3, 0.4) is 0 Å². The summed E-state index contributed by atoms with van der Waals surface area (Å²) in [6.45, 7) is 6.78. The molecule has 1 N–H and O–H groups in total. The Balaban J connectivity index is 2.05. The van der Waals surface area contributed by atoms with Gasteiger partial charge in [-0.05, 0) is 41.6 Å². The second-order valence-electron chi connectivity index (χ2n) is 5.35. The van der Waals surface area contributed by atoms with Crippen molar-refractivity contribution in [1.29, 1.82) is 0 Å². The van der Waals surface area contributed by atoms with E-state index in [1.54, 1.807) is 24.3 Å². The van der Waals surface area contributed by atoms with E-state index in [4.69, 9.17) is 0 Å². The highest BCUT2D eigenvalue weighted by Gasteiger charge is 2.21. The Morgan fingerprint density at radius 1 is 1.12 bits per heavy atom. The van der Waals surface area contributed by atoms with E-state index >= 15 is 0 Å². The van der Waals surface area contributed by atoms with Gasteiger partial charge in [0.25, 0.3) is 5.91 Å². The number of nitrogens with zero attached hydrogens (tertiary/aromatic N) is 1. The van der Waals surface area contributed by atoms with E-state index in [9.17, 15) is 13.2 Å². The average molecular weight is 367 g/mol. The standard InChI is InChI=1S/C17H22N2O3S2/c1-4-19(5-2)24(21,22)15-8-6-14(7-9-15)12-18-17(20)16-13(3)10-11-23-16/h6-11H,4-5,12H2,1-3H3,(H,18,20). The van der Waals surface area contributed by atoms with Crippen molar-refractivity contribution < 1.29 is 13.2 Å². The number of aryl methyl sites for hydroxylation is 1. The molecule has 0 aliphatic carbocycles. The first-order chi connectivity index (χ1) is 11.4. The van der Waals surface area contributed by atoms with Crippen molar-refractivity contribution in [3.63, 3.8) is 0 Å². The van der Waals surface area contributed by atoms with Gasteiger partial charge in [-0.15, -0.1) is 11.3 Å². The number of nitrogens with one attached hydrogen (secondary N) is 1. The zero-order valence-electron chi connectivity index (χ0n) is 14.1. The summed E-state index contributed by atoms with van der Waals surface area (Å²) in [5, 5.41) is 4.74. The normalized spacial score (nSPS) is 11.7. The minimum absolute atomic E-state index is 0.109. The van der Waals surface area contributed by atoms with Gasteiger partial charge in [-0.25, -0.2) is 8.42 Å². The number of carbonyl (C=O) groups is 1. The summed E-state index contributed by atoms with van der Waals surface area (Å²) >= 11 is 1.41. The van der Waals surface area contributed by atoms with Crippen LogP contribution in [0.25, 0.3) is 0 Å². The number of benzene rings is 1. The minimum Gasteiger partial charge on any atom is -0.347 e. The largest absolute Gasteiger partial charge is 0.347 e. The predicted octanol–water partition coefficient (Wildman–Crippen LogP) is 3.02. The molecule has 1 aromatic carbocycles. The second-order valence-corrected chi connectivity index (χ2v) is 8.20. The maximum atomic E-state index is 12.4. The first-order valence-electron chi connectivity index (χ1n) is 7.81. The fraction of sp³-hybridized carbons (Fsp3) is 0.353. The van der Waals surface area contributed by atoms with Crippen molar-refractivity contribution in [3.8, 4) is 0 Å².